The number of hydrogen-bond donors (Lipinski definition) is 0. The summed E-state index contributed by atoms with van der Waals surface area (Å²) >= 11 is 2.97. The van der Waals surface area contributed by atoms with Crippen LogP contribution < -0.4 is 0 Å². The number of nitro groups is 1. The van der Waals surface area contributed by atoms with Gasteiger partial charge in [0.15, 0.2) is 9.51 Å². The van der Waals surface area contributed by atoms with Crippen molar-refractivity contribution in [1.82, 2.24) is 9.88 Å². The number of amidine groups is 1. The molecule has 1 aliphatic rings. The van der Waals surface area contributed by atoms with Crippen LogP contribution in [0.25, 0.3) is 10.2 Å². The maximum absolute atomic E-state index is 10.7. The molecule has 0 unspecified atom stereocenters. The fourth-order valence-corrected chi connectivity index (χ4v) is 3.84. The molecule has 0 bridgehead atoms. The first-order valence-electron chi connectivity index (χ1n) is 5.62. The number of likely N-dealkylation sites (N-methyl/N-ethyl adjacent to an activating group) is 1. The fraction of sp³-hybridized carbons (Fsp3) is 0.273. The molecule has 1 aromatic heterocycles. The topological polar surface area (TPSA) is 71.6 Å². The van der Waals surface area contributed by atoms with Crippen molar-refractivity contribution >= 4 is 44.2 Å². The molecule has 0 fully saturated rings. The Bertz CT molecular complexity index is 682. The Morgan fingerprint density at radius 2 is 2.37 bits per heavy atom. The first-order valence-corrected chi connectivity index (χ1v) is 7.25. The number of thioether (sulfide) groups is 1. The van der Waals surface area contributed by atoms with Crippen LogP contribution in [0.1, 0.15) is 0 Å². The molecule has 2 aromatic rings. The Hall–Kier alpha value is -1.67. The lowest BCUT2D eigenvalue weighted by Crippen LogP contribution is -2.19. The van der Waals surface area contributed by atoms with E-state index in [9.17, 15) is 10.1 Å². The van der Waals surface area contributed by atoms with Crippen molar-refractivity contribution in [2.75, 3.05) is 20.1 Å². The second kappa shape index (κ2) is 4.78. The van der Waals surface area contributed by atoms with Crippen LogP contribution in [0.15, 0.2) is 27.5 Å². The number of nitro benzene ring substituents is 1. The summed E-state index contributed by atoms with van der Waals surface area (Å²) in [5, 5.41) is 11.7. The third-order valence-electron chi connectivity index (χ3n) is 2.75. The van der Waals surface area contributed by atoms with E-state index >= 15 is 0 Å². The molecular formula is C11H10N4O2S2. The standard InChI is InChI=1S/C11H10N4O2S2/c1-14-5-4-12-10(14)19-11-13-8-3-2-7(15(16)17)6-9(8)18-11/h2-3,6H,4-5H2,1H3. The van der Waals surface area contributed by atoms with Crippen molar-refractivity contribution < 1.29 is 4.92 Å². The minimum atomic E-state index is -0.388. The average molecular weight is 294 g/mol. The smallest absolute Gasteiger partial charge is 0.270 e. The Morgan fingerprint density at radius 3 is 3.05 bits per heavy atom. The van der Waals surface area contributed by atoms with Gasteiger partial charge in [0.25, 0.3) is 5.69 Å². The van der Waals surface area contributed by atoms with Gasteiger partial charge in [-0.2, -0.15) is 0 Å². The molecule has 0 atom stereocenters. The summed E-state index contributed by atoms with van der Waals surface area (Å²) in [6.45, 7) is 1.74. The summed E-state index contributed by atoms with van der Waals surface area (Å²) in [6, 6.07) is 4.74. The van der Waals surface area contributed by atoms with Gasteiger partial charge in [-0.3, -0.25) is 15.1 Å². The quantitative estimate of drug-likeness (QED) is 0.629. The average Bonchev–Trinajstić information content (AvgIpc) is 2.95. The summed E-state index contributed by atoms with van der Waals surface area (Å²) in [6.07, 6.45) is 0. The van der Waals surface area contributed by atoms with Crippen molar-refractivity contribution in [3.63, 3.8) is 0 Å². The van der Waals surface area contributed by atoms with Crippen molar-refractivity contribution in [3.8, 4) is 0 Å². The van der Waals surface area contributed by atoms with E-state index in [1.54, 1.807) is 12.1 Å². The normalized spacial score (nSPS) is 15.0. The second-order valence-corrected chi connectivity index (χ2v) is 6.32. The van der Waals surface area contributed by atoms with Gasteiger partial charge >= 0.3 is 0 Å². The number of nitrogens with zero attached hydrogens (tertiary/aromatic N) is 4. The van der Waals surface area contributed by atoms with Crippen LogP contribution in [0, 0.1) is 10.1 Å². The Labute approximate surface area is 117 Å². The molecule has 0 saturated carbocycles. The zero-order chi connectivity index (χ0) is 13.4. The van der Waals surface area contributed by atoms with Gasteiger partial charge in [-0.1, -0.05) is 0 Å². The van der Waals surface area contributed by atoms with E-state index in [-0.39, 0.29) is 10.6 Å². The molecule has 0 aliphatic carbocycles. The van der Waals surface area contributed by atoms with E-state index in [0.29, 0.717) is 0 Å². The van der Waals surface area contributed by atoms with Gasteiger partial charge in [0.2, 0.25) is 0 Å². The number of aliphatic imine (C=N–C) groups is 1. The van der Waals surface area contributed by atoms with Gasteiger partial charge in [-0.15, -0.1) is 11.3 Å². The molecule has 2 heterocycles. The van der Waals surface area contributed by atoms with E-state index in [1.807, 2.05) is 7.05 Å². The number of thiazole rings is 1. The number of non-ortho nitro benzene ring substituents is 1. The zero-order valence-corrected chi connectivity index (χ0v) is 11.7. The van der Waals surface area contributed by atoms with Crippen LogP contribution in [0.4, 0.5) is 5.69 Å². The Kier molecular flexibility index (Phi) is 3.11. The molecular weight excluding hydrogens is 284 g/mol. The number of aromatic nitrogens is 1. The van der Waals surface area contributed by atoms with Gasteiger partial charge in [-0.05, 0) is 17.8 Å². The van der Waals surface area contributed by atoms with Gasteiger partial charge in [0, 0.05) is 25.7 Å². The molecule has 3 rings (SSSR count). The first-order chi connectivity index (χ1) is 9.13. The van der Waals surface area contributed by atoms with Crippen molar-refractivity contribution in [1.29, 1.82) is 0 Å². The van der Waals surface area contributed by atoms with Crippen molar-refractivity contribution in [2.24, 2.45) is 4.99 Å². The number of hydrogen-bond acceptors (Lipinski definition) is 7. The highest BCUT2D eigenvalue weighted by molar-refractivity contribution is 8.15. The van der Waals surface area contributed by atoms with Gasteiger partial charge in [0.1, 0.15) is 0 Å². The van der Waals surface area contributed by atoms with Crippen LogP contribution in [0.3, 0.4) is 0 Å². The minimum absolute atomic E-state index is 0.100. The highest BCUT2D eigenvalue weighted by Gasteiger charge is 2.17. The Morgan fingerprint density at radius 1 is 1.53 bits per heavy atom. The van der Waals surface area contributed by atoms with E-state index < -0.39 is 0 Å². The highest BCUT2D eigenvalue weighted by atomic mass is 32.2. The maximum atomic E-state index is 10.7. The van der Waals surface area contributed by atoms with Gasteiger partial charge in [0.05, 0.1) is 21.7 Å². The van der Waals surface area contributed by atoms with Crippen LogP contribution in [-0.4, -0.2) is 40.1 Å². The van der Waals surface area contributed by atoms with Crippen LogP contribution in [-0.2, 0) is 0 Å². The van der Waals surface area contributed by atoms with E-state index in [1.165, 1.54) is 29.2 Å². The molecule has 1 aromatic carbocycles. The van der Waals surface area contributed by atoms with Crippen molar-refractivity contribution in [2.45, 2.75) is 4.34 Å². The monoisotopic (exact) mass is 294 g/mol. The predicted molar refractivity (Wildman–Crippen MR) is 77.1 cm³/mol. The van der Waals surface area contributed by atoms with E-state index in [0.717, 1.165) is 32.8 Å². The Balaban J connectivity index is 1.91. The van der Waals surface area contributed by atoms with Gasteiger partial charge in [-0.25, -0.2) is 4.98 Å². The predicted octanol–water partition coefficient (Wildman–Crippen LogP) is 2.60. The van der Waals surface area contributed by atoms with Crippen LogP contribution in [0.5, 0.6) is 0 Å². The van der Waals surface area contributed by atoms with Crippen LogP contribution in [0.2, 0.25) is 0 Å². The lowest BCUT2D eigenvalue weighted by molar-refractivity contribution is -0.384. The van der Waals surface area contributed by atoms with Crippen molar-refractivity contribution in [3.05, 3.63) is 28.3 Å². The maximum Gasteiger partial charge on any atom is 0.270 e. The molecule has 0 N–H and O–H groups in total. The summed E-state index contributed by atoms with van der Waals surface area (Å²) < 4.78 is 1.70. The molecule has 0 spiro atoms. The fourth-order valence-electron chi connectivity index (χ4n) is 1.75. The molecule has 98 valence electrons. The molecule has 6 nitrogen and oxygen atoms in total. The molecule has 19 heavy (non-hydrogen) atoms. The number of fused-ring (bicyclic) bond motifs is 1. The summed E-state index contributed by atoms with van der Waals surface area (Å²) in [7, 11) is 2.00. The molecule has 0 saturated heterocycles. The highest BCUT2D eigenvalue weighted by Crippen LogP contribution is 2.33. The second-order valence-electron chi connectivity index (χ2n) is 4.08. The number of rotatable bonds is 2. The largest absolute Gasteiger partial charge is 0.352 e. The SMILES string of the molecule is CN1CCN=C1Sc1nc2ccc([N+](=O)[O-])cc2s1. The molecule has 8 heteroatoms. The lowest BCUT2D eigenvalue weighted by atomic mass is 10.3. The molecule has 1 aliphatic heterocycles. The first kappa shape index (κ1) is 12.4. The summed E-state index contributed by atoms with van der Waals surface area (Å²) in [5.74, 6) is 0. The van der Waals surface area contributed by atoms with Crippen LogP contribution >= 0.6 is 23.1 Å². The summed E-state index contributed by atoms with van der Waals surface area (Å²) in [5.41, 5.74) is 0.891. The third kappa shape index (κ3) is 2.41. The molecule has 0 amide bonds. The van der Waals surface area contributed by atoms with Gasteiger partial charge < -0.3 is 4.90 Å². The van der Waals surface area contributed by atoms with E-state index in [2.05, 4.69) is 14.9 Å². The zero-order valence-electron chi connectivity index (χ0n) is 10.1. The molecule has 0 radical (unpaired) electrons. The minimum Gasteiger partial charge on any atom is -0.352 e. The number of benzene rings is 1. The lowest BCUT2D eigenvalue weighted by Gasteiger charge is -2.10. The third-order valence-corrected chi connectivity index (χ3v) is 4.95. The summed E-state index contributed by atoms with van der Waals surface area (Å²) in [4.78, 5) is 21.3. The van der Waals surface area contributed by atoms with E-state index in [4.69, 9.17) is 0 Å².